The van der Waals surface area contributed by atoms with E-state index < -0.39 is 6.55 Å². The molecule has 84 valence electrons. The number of aromatic nitrogens is 4. The van der Waals surface area contributed by atoms with Gasteiger partial charge in [0, 0.05) is 0 Å². The van der Waals surface area contributed by atoms with Gasteiger partial charge in [-0.3, -0.25) is 0 Å². The van der Waals surface area contributed by atoms with Gasteiger partial charge in [0.15, 0.2) is 0 Å². The van der Waals surface area contributed by atoms with Crippen LogP contribution >= 0.6 is 11.6 Å². The zero-order chi connectivity index (χ0) is 11.5. The van der Waals surface area contributed by atoms with Gasteiger partial charge in [-0.2, -0.15) is 13.9 Å². The Morgan fingerprint density at radius 3 is 2.50 bits per heavy atom. The van der Waals surface area contributed by atoms with Gasteiger partial charge in [-0.1, -0.05) is 11.6 Å². The molecule has 0 aliphatic heterocycles. The highest BCUT2D eigenvalue weighted by molar-refractivity contribution is 6.30. The van der Waals surface area contributed by atoms with E-state index in [2.05, 4.69) is 20.4 Å². The second kappa shape index (κ2) is 4.40. The van der Waals surface area contributed by atoms with Gasteiger partial charge in [0.25, 0.3) is 0 Å². The monoisotopic (exact) mass is 245 g/mol. The minimum absolute atomic E-state index is 0.262. The summed E-state index contributed by atoms with van der Waals surface area (Å²) < 4.78 is 24.9. The summed E-state index contributed by atoms with van der Waals surface area (Å²) >= 11 is 5.59. The van der Waals surface area contributed by atoms with E-state index in [9.17, 15) is 8.78 Å². The van der Waals surface area contributed by atoms with Crippen LogP contribution in [-0.2, 0) is 0 Å². The van der Waals surface area contributed by atoms with Gasteiger partial charge in [-0.05, 0) is 0 Å². The highest BCUT2D eigenvalue weighted by Crippen LogP contribution is 2.16. The molecule has 0 saturated heterocycles. The molecule has 2 aromatic rings. The molecule has 0 radical (unpaired) electrons. The molecule has 16 heavy (non-hydrogen) atoms. The average Bonchev–Trinajstić information content (AvgIpc) is 2.70. The molecule has 2 heterocycles. The van der Waals surface area contributed by atoms with Gasteiger partial charge < -0.3 is 5.32 Å². The smallest absolute Gasteiger partial charge is 0.321 e. The first-order valence-corrected chi connectivity index (χ1v) is 4.60. The maximum absolute atomic E-state index is 12.2. The average molecular weight is 246 g/mol. The van der Waals surface area contributed by atoms with Crippen molar-refractivity contribution in [2.45, 2.75) is 6.55 Å². The lowest BCUT2D eigenvalue weighted by Crippen LogP contribution is -1.98. The third-order valence-corrected chi connectivity index (χ3v) is 1.87. The van der Waals surface area contributed by atoms with Crippen molar-refractivity contribution in [2.75, 3.05) is 5.32 Å². The first-order valence-electron chi connectivity index (χ1n) is 4.22. The summed E-state index contributed by atoms with van der Waals surface area (Å²) in [6.07, 6.45) is 5.20. The maximum Gasteiger partial charge on any atom is 0.333 e. The minimum Gasteiger partial charge on any atom is -0.321 e. The first kappa shape index (κ1) is 10.7. The summed E-state index contributed by atoms with van der Waals surface area (Å²) in [5, 5.41) is 6.56. The van der Waals surface area contributed by atoms with E-state index in [0.717, 1.165) is 6.20 Å². The van der Waals surface area contributed by atoms with Crippen molar-refractivity contribution in [1.29, 1.82) is 0 Å². The van der Waals surface area contributed by atoms with Crippen LogP contribution in [0.1, 0.15) is 6.55 Å². The summed E-state index contributed by atoms with van der Waals surface area (Å²) in [5.41, 5.74) is 0.377. The summed E-state index contributed by atoms with van der Waals surface area (Å²) in [5.74, 6) is 0.262. The van der Waals surface area contributed by atoms with Gasteiger partial charge in [0.1, 0.15) is 0 Å². The Bertz CT molecular complexity index is 470. The molecule has 0 aliphatic carbocycles. The quantitative estimate of drug-likeness (QED) is 0.903. The van der Waals surface area contributed by atoms with Crippen LogP contribution < -0.4 is 5.32 Å². The van der Waals surface area contributed by atoms with Crippen LogP contribution in [0.5, 0.6) is 0 Å². The van der Waals surface area contributed by atoms with Crippen LogP contribution in [0.15, 0.2) is 24.8 Å². The van der Waals surface area contributed by atoms with E-state index in [-0.39, 0.29) is 5.95 Å². The Labute approximate surface area is 94.1 Å². The summed E-state index contributed by atoms with van der Waals surface area (Å²) in [7, 11) is 0. The molecule has 2 aromatic heterocycles. The zero-order valence-corrected chi connectivity index (χ0v) is 8.57. The molecular formula is C8H6ClF2N5. The van der Waals surface area contributed by atoms with Crippen LogP contribution in [0.25, 0.3) is 0 Å². The largest absolute Gasteiger partial charge is 0.333 e. The van der Waals surface area contributed by atoms with Crippen molar-refractivity contribution in [2.24, 2.45) is 0 Å². The third kappa shape index (κ3) is 2.43. The number of halogens is 3. The van der Waals surface area contributed by atoms with E-state index in [1.807, 2.05) is 0 Å². The molecule has 2 rings (SSSR count). The SMILES string of the molecule is FC(F)n1cc(Nc2ncc(Cl)cn2)cn1. The summed E-state index contributed by atoms with van der Waals surface area (Å²) in [6.45, 7) is -2.67. The van der Waals surface area contributed by atoms with Crippen molar-refractivity contribution in [3.63, 3.8) is 0 Å². The lowest BCUT2D eigenvalue weighted by molar-refractivity contribution is 0.0566. The van der Waals surface area contributed by atoms with Crippen LogP contribution in [0.2, 0.25) is 5.02 Å². The third-order valence-electron chi connectivity index (χ3n) is 1.68. The minimum atomic E-state index is -2.67. The standard InChI is InChI=1S/C8H6ClF2N5/c9-5-1-12-8(13-2-5)15-6-3-14-16(4-6)7(10)11/h1-4,7H,(H,12,13,15). The van der Waals surface area contributed by atoms with Crippen molar-refractivity contribution < 1.29 is 8.78 Å². The normalized spacial score (nSPS) is 10.8. The Balaban J connectivity index is 2.11. The second-order valence-electron chi connectivity index (χ2n) is 2.84. The molecule has 0 aliphatic rings. The fraction of sp³-hybridized carbons (Fsp3) is 0.125. The van der Waals surface area contributed by atoms with Crippen LogP contribution in [-0.4, -0.2) is 19.7 Å². The lowest BCUT2D eigenvalue weighted by Gasteiger charge is -2.00. The highest BCUT2D eigenvalue weighted by atomic mass is 35.5. The number of anilines is 2. The van der Waals surface area contributed by atoms with E-state index in [1.165, 1.54) is 18.6 Å². The van der Waals surface area contributed by atoms with E-state index in [0.29, 0.717) is 15.4 Å². The predicted octanol–water partition coefficient (Wildman–Crippen LogP) is 2.47. The molecule has 1 N–H and O–H groups in total. The van der Waals surface area contributed by atoms with Gasteiger partial charge in [0.2, 0.25) is 5.95 Å². The zero-order valence-electron chi connectivity index (χ0n) is 7.81. The predicted molar refractivity (Wildman–Crippen MR) is 53.8 cm³/mol. The van der Waals surface area contributed by atoms with Gasteiger partial charge in [-0.25, -0.2) is 14.6 Å². The molecule has 0 unspecified atom stereocenters. The second-order valence-corrected chi connectivity index (χ2v) is 3.27. The Morgan fingerprint density at radius 2 is 1.94 bits per heavy atom. The van der Waals surface area contributed by atoms with Crippen molar-refractivity contribution in [3.8, 4) is 0 Å². The topological polar surface area (TPSA) is 55.6 Å². The van der Waals surface area contributed by atoms with Gasteiger partial charge >= 0.3 is 6.55 Å². The first-order chi connectivity index (χ1) is 7.65. The van der Waals surface area contributed by atoms with Crippen molar-refractivity contribution >= 4 is 23.2 Å². The molecule has 0 spiro atoms. The van der Waals surface area contributed by atoms with Crippen LogP contribution in [0.4, 0.5) is 20.4 Å². The molecule has 0 atom stereocenters. The molecular weight excluding hydrogens is 240 g/mol. The number of nitrogens with one attached hydrogen (secondary N) is 1. The number of nitrogens with zero attached hydrogens (tertiary/aromatic N) is 4. The number of hydrogen-bond acceptors (Lipinski definition) is 4. The Hall–Kier alpha value is -1.76. The Morgan fingerprint density at radius 1 is 1.25 bits per heavy atom. The van der Waals surface area contributed by atoms with Gasteiger partial charge in [-0.15, -0.1) is 0 Å². The molecule has 0 saturated carbocycles. The molecule has 0 fully saturated rings. The number of hydrogen-bond donors (Lipinski definition) is 1. The molecule has 0 aromatic carbocycles. The Kier molecular flexibility index (Phi) is 2.95. The van der Waals surface area contributed by atoms with Crippen molar-refractivity contribution in [3.05, 3.63) is 29.8 Å². The lowest BCUT2D eigenvalue weighted by atomic mass is 10.5. The highest BCUT2D eigenvalue weighted by Gasteiger charge is 2.07. The summed E-state index contributed by atoms with van der Waals surface area (Å²) in [4.78, 5) is 7.70. The van der Waals surface area contributed by atoms with Gasteiger partial charge in [0.05, 0.1) is 35.5 Å². The maximum atomic E-state index is 12.2. The van der Waals surface area contributed by atoms with Crippen molar-refractivity contribution in [1.82, 2.24) is 19.7 Å². The van der Waals surface area contributed by atoms with E-state index in [1.54, 1.807) is 0 Å². The molecule has 0 bridgehead atoms. The fourth-order valence-electron chi connectivity index (χ4n) is 1.02. The van der Waals surface area contributed by atoms with E-state index in [4.69, 9.17) is 11.6 Å². The fourth-order valence-corrected chi connectivity index (χ4v) is 1.11. The molecule has 8 heteroatoms. The van der Waals surface area contributed by atoms with E-state index >= 15 is 0 Å². The molecule has 5 nitrogen and oxygen atoms in total. The number of alkyl halides is 2. The summed E-state index contributed by atoms with van der Waals surface area (Å²) in [6, 6.07) is 0. The van der Waals surface area contributed by atoms with Crippen LogP contribution in [0, 0.1) is 0 Å². The van der Waals surface area contributed by atoms with Crippen LogP contribution in [0.3, 0.4) is 0 Å². The molecule has 0 amide bonds. The number of rotatable bonds is 3.